The minimum atomic E-state index is 0.0175. The van der Waals surface area contributed by atoms with Crippen LogP contribution < -0.4 is 5.32 Å². The van der Waals surface area contributed by atoms with E-state index in [9.17, 15) is 9.59 Å². The number of carbonyl (C=O) groups is 2. The summed E-state index contributed by atoms with van der Waals surface area (Å²) in [5.41, 5.74) is 0. The number of aldehydes is 1. The molecule has 0 unspecified atom stereocenters. The Balaban J connectivity index is 2.36. The Kier molecular flexibility index (Phi) is 2.63. The van der Waals surface area contributed by atoms with E-state index in [-0.39, 0.29) is 17.7 Å². The van der Waals surface area contributed by atoms with Gasteiger partial charge in [0.25, 0.3) is 0 Å². The van der Waals surface area contributed by atoms with Crippen LogP contribution in [0.1, 0.15) is 19.8 Å². The van der Waals surface area contributed by atoms with Crippen LogP contribution in [0.15, 0.2) is 0 Å². The van der Waals surface area contributed by atoms with E-state index < -0.39 is 0 Å². The molecule has 3 heteroatoms. The van der Waals surface area contributed by atoms with Gasteiger partial charge in [0, 0.05) is 18.4 Å². The summed E-state index contributed by atoms with van der Waals surface area (Å²) < 4.78 is 0. The van der Waals surface area contributed by atoms with E-state index in [1.807, 2.05) is 6.92 Å². The standard InChI is InChI=1S/C8H13NO2/c1-6(5-10)4-7-2-3-9-8(7)11/h5-7H,2-4H2,1H3,(H,9,11)/t6-,7-/m0/s1. The molecular formula is C8H13NO2. The fourth-order valence-corrected chi connectivity index (χ4v) is 1.37. The smallest absolute Gasteiger partial charge is 0.223 e. The van der Waals surface area contributed by atoms with Gasteiger partial charge in [-0.05, 0) is 12.8 Å². The van der Waals surface area contributed by atoms with Gasteiger partial charge in [-0.2, -0.15) is 0 Å². The van der Waals surface area contributed by atoms with Crippen molar-refractivity contribution < 1.29 is 9.59 Å². The topological polar surface area (TPSA) is 46.2 Å². The van der Waals surface area contributed by atoms with E-state index in [4.69, 9.17) is 0 Å². The molecule has 11 heavy (non-hydrogen) atoms. The highest BCUT2D eigenvalue weighted by Gasteiger charge is 2.25. The van der Waals surface area contributed by atoms with Crippen LogP contribution in [0.5, 0.6) is 0 Å². The third-order valence-electron chi connectivity index (χ3n) is 2.05. The zero-order chi connectivity index (χ0) is 8.27. The Morgan fingerprint density at radius 3 is 3.00 bits per heavy atom. The highest BCUT2D eigenvalue weighted by molar-refractivity contribution is 5.80. The third kappa shape index (κ3) is 2.03. The normalized spacial score (nSPS) is 26.3. The van der Waals surface area contributed by atoms with Crippen LogP contribution in [0.2, 0.25) is 0 Å². The first-order valence-electron chi connectivity index (χ1n) is 3.97. The summed E-state index contributed by atoms with van der Waals surface area (Å²) in [4.78, 5) is 21.3. The second-order valence-corrected chi connectivity index (χ2v) is 3.13. The molecule has 0 spiro atoms. The molecule has 1 aliphatic heterocycles. The minimum Gasteiger partial charge on any atom is -0.356 e. The molecule has 1 amide bonds. The van der Waals surface area contributed by atoms with Crippen LogP contribution in [-0.2, 0) is 9.59 Å². The van der Waals surface area contributed by atoms with Crippen molar-refractivity contribution in [1.82, 2.24) is 5.32 Å². The van der Waals surface area contributed by atoms with Gasteiger partial charge < -0.3 is 10.1 Å². The Bertz CT molecular complexity index is 167. The van der Waals surface area contributed by atoms with Crippen molar-refractivity contribution in [2.45, 2.75) is 19.8 Å². The molecule has 1 fully saturated rings. The summed E-state index contributed by atoms with van der Waals surface area (Å²) in [7, 11) is 0. The molecule has 3 nitrogen and oxygen atoms in total. The van der Waals surface area contributed by atoms with Crippen molar-refractivity contribution in [3.05, 3.63) is 0 Å². The fraction of sp³-hybridized carbons (Fsp3) is 0.750. The number of nitrogens with one attached hydrogen (secondary N) is 1. The van der Waals surface area contributed by atoms with Gasteiger partial charge in [0.1, 0.15) is 6.29 Å². The van der Waals surface area contributed by atoms with Crippen LogP contribution in [0.3, 0.4) is 0 Å². The van der Waals surface area contributed by atoms with E-state index in [2.05, 4.69) is 5.32 Å². The molecule has 1 aliphatic rings. The number of carbonyl (C=O) groups excluding carboxylic acids is 2. The van der Waals surface area contributed by atoms with E-state index in [1.54, 1.807) is 0 Å². The molecule has 1 saturated heterocycles. The quantitative estimate of drug-likeness (QED) is 0.598. The first-order valence-corrected chi connectivity index (χ1v) is 3.97. The molecule has 1 N–H and O–H groups in total. The largest absolute Gasteiger partial charge is 0.356 e. The van der Waals surface area contributed by atoms with Crippen molar-refractivity contribution >= 4 is 12.2 Å². The summed E-state index contributed by atoms with van der Waals surface area (Å²) in [6, 6.07) is 0. The Labute approximate surface area is 66.2 Å². The number of hydrogen-bond acceptors (Lipinski definition) is 2. The van der Waals surface area contributed by atoms with Crippen LogP contribution in [-0.4, -0.2) is 18.7 Å². The van der Waals surface area contributed by atoms with Gasteiger partial charge >= 0.3 is 0 Å². The second kappa shape index (κ2) is 3.51. The number of amides is 1. The van der Waals surface area contributed by atoms with E-state index in [0.29, 0.717) is 6.42 Å². The molecule has 62 valence electrons. The lowest BCUT2D eigenvalue weighted by atomic mass is 9.96. The van der Waals surface area contributed by atoms with Gasteiger partial charge in [0.2, 0.25) is 5.91 Å². The van der Waals surface area contributed by atoms with Crippen molar-refractivity contribution in [3.63, 3.8) is 0 Å². The molecule has 0 aromatic carbocycles. The summed E-state index contributed by atoms with van der Waals surface area (Å²) in [6.45, 7) is 2.62. The van der Waals surface area contributed by atoms with Crippen LogP contribution in [0.4, 0.5) is 0 Å². The predicted molar refractivity (Wildman–Crippen MR) is 41.0 cm³/mol. The summed E-state index contributed by atoms with van der Waals surface area (Å²) >= 11 is 0. The molecule has 0 radical (unpaired) electrons. The number of hydrogen-bond donors (Lipinski definition) is 1. The molecule has 0 aromatic heterocycles. The van der Waals surface area contributed by atoms with Crippen LogP contribution >= 0.6 is 0 Å². The SMILES string of the molecule is C[C@H](C=O)C[C@@H]1CCNC1=O. The van der Waals surface area contributed by atoms with Gasteiger partial charge in [0.05, 0.1) is 0 Å². The maximum atomic E-state index is 11.0. The predicted octanol–water partition coefficient (Wildman–Crippen LogP) is 0.348. The molecule has 1 rings (SSSR count). The second-order valence-electron chi connectivity index (χ2n) is 3.13. The third-order valence-corrected chi connectivity index (χ3v) is 2.05. The van der Waals surface area contributed by atoms with Crippen LogP contribution in [0.25, 0.3) is 0 Å². The first kappa shape index (κ1) is 8.24. The van der Waals surface area contributed by atoms with Crippen molar-refractivity contribution in [3.8, 4) is 0 Å². The average molecular weight is 155 g/mol. The average Bonchev–Trinajstić information content (AvgIpc) is 2.37. The fourth-order valence-electron chi connectivity index (χ4n) is 1.37. The van der Waals surface area contributed by atoms with Gasteiger partial charge in [-0.25, -0.2) is 0 Å². The Hall–Kier alpha value is -0.860. The molecule has 0 aliphatic carbocycles. The zero-order valence-corrected chi connectivity index (χ0v) is 6.67. The maximum absolute atomic E-state index is 11.0. The molecule has 0 aromatic rings. The van der Waals surface area contributed by atoms with Crippen molar-refractivity contribution in [1.29, 1.82) is 0 Å². The molecule has 2 atom stereocenters. The maximum Gasteiger partial charge on any atom is 0.223 e. The van der Waals surface area contributed by atoms with Crippen LogP contribution in [0, 0.1) is 11.8 Å². The van der Waals surface area contributed by atoms with Crippen molar-refractivity contribution in [2.24, 2.45) is 11.8 Å². The Morgan fingerprint density at radius 2 is 2.55 bits per heavy atom. The molecule has 0 saturated carbocycles. The lowest BCUT2D eigenvalue weighted by molar-refractivity contribution is -0.123. The Morgan fingerprint density at radius 1 is 1.82 bits per heavy atom. The molecule has 1 heterocycles. The summed E-state index contributed by atoms with van der Waals surface area (Å²) in [6.07, 6.45) is 2.50. The minimum absolute atomic E-state index is 0.0175. The zero-order valence-electron chi connectivity index (χ0n) is 6.67. The first-order chi connectivity index (χ1) is 5.24. The number of rotatable bonds is 3. The highest BCUT2D eigenvalue weighted by Crippen LogP contribution is 2.17. The van der Waals surface area contributed by atoms with Gasteiger partial charge in [-0.3, -0.25) is 4.79 Å². The van der Waals surface area contributed by atoms with Gasteiger partial charge in [-0.15, -0.1) is 0 Å². The lowest BCUT2D eigenvalue weighted by Crippen LogP contribution is -2.20. The van der Waals surface area contributed by atoms with Crippen molar-refractivity contribution in [2.75, 3.05) is 6.54 Å². The van der Waals surface area contributed by atoms with E-state index in [0.717, 1.165) is 19.3 Å². The van der Waals surface area contributed by atoms with Gasteiger partial charge in [0.15, 0.2) is 0 Å². The van der Waals surface area contributed by atoms with Gasteiger partial charge in [-0.1, -0.05) is 6.92 Å². The van der Waals surface area contributed by atoms with E-state index >= 15 is 0 Å². The van der Waals surface area contributed by atoms with E-state index in [1.165, 1.54) is 0 Å². The lowest BCUT2D eigenvalue weighted by Gasteiger charge is -2.07. The highest BCUT2D eigenvalue weighted by atomic mass is 16.2. The summed E-state index contributed by atoms with van der Waals surface area (Å²) in [5.74, 6) is 0.206. The molecular weight excluding hydrogens is 142 g/mol. The molecule has 0 bridgehead atoms. The monoisotopic (exact) mass is 155 g/mol. The summed E-state index contributed by atoms with van der Waals surface area (Å²) in [5, 5.41) is 2.74.